The van der Waals surface area contributed by atoms with E-state index in [0.29, 0.717) is 0 Å². The molecule has 1 fully saturated rings. The van der Waals surface area contributed by atoms with E-state index in [-0.39, 0.29) is 0 Å². The van der Waals surface area contributed by atoms with Crippen molar-refractivity contribution in [1.29, 1.82) is 0 Å². The Labute approximate surface area is 118 Å². The first-order valence-electron chi connectivity index (χ1n) is 6.78. The molecule has 0 unspecified atom stereocenters. The number of halogens is 1. The number of hydrogen-bond acceptors (Lipinski definition) is 3. The zero-order chi connectivity index (χ0) is 13.0. The van der Waals surface area contributed by atoms with E-state index < -0.39 is 0 Å². The van der Waals surface area contributed by atoms with Gasteiger partial charge in [0.05, 0.1) is 0 Å². The summed E-state index contributed by atoms with van der Waals surface area (Å²) >= 11 is 3.50. The van der Waals surface area contributed by atoms with Crippen LogP contribution in [-0.2, 0) is 0 Å². The summed E-state index contributed by atoms with van der Waals surface area (Å²) in [4.78, 5) is 6.92. The summed E-state index contributed by atoms with van der Waals surface area (Å²) < 4.78 is 1.09. The van der Waals surface area contributed by atoms with E-state index in [1.54, 1.807) is 0 Å². The first kappa shape index (κ1) is 13.8. The monoisotopic (exact) mass is 311 g/mol. The Morgan fingerprint density at radius 1 is 1.44 bits per heavy atom. The van der Waals surface area contributed by atoms with Crippen LogP contribution in [0.15, 0.2) is 16.7 Å². The maximum Gasteiger partial charge on any atom is 0.128 e. The fraction of sp³-hybridized carbons (Fsp3) is 0.643. The molecule has 0 bridgehead atoms. The zero-order valence-electron chi connectivity index (χ0n) is 11.2. The van der Waals surface area contributed by atoms with Gasteiger partial charge in [-0.05, 0) is 66.3 Å². The normalized spacial score (nSPS) is 17.2. The van der Waals surface area contributed by atoms with Crippen molar-refractivity contribution in [3.8, 4) is 0 Å². The highest BCUT2D eigenvalue weighted by Crippen LogP contribution is 2.24. The third-order valence-electron chi connectivity index (χ3n) is 3.65. The maximum absolute atomic E-state index is 4.51. The molecule has 0 spiro atoms. The summed E-state index contributed by atoms with van der Waals surface area (Å²) in [5.74, 6) is 1.95. The lowest BCUT2D eigenvalue weighted by molar-refractivity contribution is 0.385. The summed E-state index contributed by atoms with van der Waals surface area (Å²) in [6, 6.07) is 2.18. The van der Waals surface area contributed by atoms with Gasteiger partial charge in [-0.2, -0.15) is 0 Å². The molecule has 0 aromatic carbocycles. The average molecular weight is 312 g/mol. The van der Waals surface area contributed by atoms with Gasteiger partial charge in [0.25, 0.3) is 0 Å². The van der Waals surface area contributed by atoms with Crippen LogP contribution in [0.2, 0.25) is 0 Å². The van der Waals surface area contributed by atoms with Gasteiger partial charge >= 0.3 is 0 Å². The Balaban J connectivity index is 1.90. The number of aryl methyl sites for hydroxylation is 1. The van der Waals surface area contributed by atoms with E-state index in [9.17, 15) is 0 Å². The molecule has 0 amide bonds. The van der Waals surface area contributed by atoms with Crippen molar-refractivity contribution in [2.45, 2.75) is 26.7 Å². The third-order valence-corrected chi connectivity index (χ3v) is 4.48. The van der Waals surface area contributed by atoms with Crippen molar-refractivity contribution in [3.63, 3.8) is 0 Å². The Morgan fingerprint density at radius 3 is 2.78 bits per heavy atom. The van der Waals surface area contributed by atoms with Crippen LogP contribution in [0.4, 0.5) is 5.82 Å². The molecule has 0 radical (unpaired) electrons. The van der Waals surface area contributed by atoms with Gasteiger partial charge in [0.1, 0.15) is 5.82 Å². The summed E-state index contributed by atoms with van der Waals surface area (Å²) in [7, 11) is 0. The lowest BCUT2D eigenvalue weighted by Crippen LogP contribution is -2.37. The minimum Gasteiger partial charge on any atom is -0.357 e. The Bertz CT molecular complexity index is 387. The highest BCUT2D eigenvalue weighted by molar-refractivity contribution is 9.10. The molecule has 1 saturated heterocycles. The Kier molecular flexibility index (Phi) is 5.01. The number of nitrogens with zero attached hydrogens (tertiary/aromatic N) is 2. The summed E-state index contributed by atoms with van der Waals surface area (Å²) in [6.45, 7) is 8.79. The zero-order valence-corrected chi connectivity index (χ0v) is 12.8. The quantitative estimate of drug-likeness (QED) is 0.926. The SMILES string of the molecule is CCNCC1CCN(c2cc(C)c(Br)cn2)CC1. The fourth-order valence-corrected chi connectivity index (χ4v) is 2.63. The number of piperidine rings is 1. The minimum atomic E-state index is 0.831. The molecule has 1 aromatic rings. The molecule has 0 atom stereocenters. The van der Waals surface area contributed by atoms with Crippen LogP contribution in [-0.4, -0.2) is 31.2 Å². The summed E-state index contributed by atoms with van der Waals surface area (Å²) in [5, 5.41) is 3.45. The van der Waals surface area contributed by atoms with Crippen LogP contribution in [0, 0.1) is 12.8 Å². The highest BCUT2D eigenvalue weighted by atomic mass is 79.9. The third kappa shape index (κ3) is 3.45. The van der Waals surface area contributed by atoms with Gasteiger partial charge in [-0.15, -0.1) is 0 Å². The lowest BCUT2D eigenvalue weighted by atomic mass is 9.97. The summed E-state index contributed by atoms with van der Waals surface area (Å²) in [5.41, 5.74) is 1.26. The van der Waals surface area contributed by atoms with Gasteiger partial charge in [-0.25, -0.2) is 4.98 Å². The molecule has 1 N–H and O–H groups in total. The smallest absolute Gasteiger partial charge is 0.128 e. The maximum atomic E-state index is 4.51. The van der Waals surface area contributed by atoms with Crippen LogP contribution >= 0.6 is 15.9 Å². The molecule has 18 heavy (non-hydrogen) atoms. The van der Waals surface area contributed by atoms with Gasteiger partial charge in [0.2, 0.25) is 0 Å². The number of anilines is 1. The molecule has 2 rings (SSSR count). The van der Waals surface area contributed by atoms with Crippen molar-refractivity contribution >= 4 is 21.7 Å². The molecule has 0 saturated carbocycles. The van der Waals surface area contributed by atoms with Gasteiger partial charge in [-0.3, -0.25) is 0 Å². The minimum absolute atomic E-state index is 0.831. The number of rotatable bonds is 4. The van der Waals surface area contributed by atoms with Crippen molar-refractivity contribution in [2.24, 2.45) is 5.92 Å². The highest BCUT2D eigenvalue weighted by Gasteiger charge is 2.19. The molecule has 1 aliphatic heterocycles. The van der Waals surface area contributed by atoms with Crippen molar-refractivity contribution < 1.29 is 0 Å². The standard InChI is InChI=1S/C14H22BrN3/c1-3-16-9-12-4-6-18(7-5-12)14-8-11(2)13(15)10-17-14/h8,10,12,16H,3-7,9H2,1-2H3. The van der Waals surface area contributed by atoms with Crippen LogP contribution in [0.25, 0.3) is 0 Å². The van der Waals surface area contributed by atoms with Gasteiger partial charge in [0.15, 0.2) is 0 Å². The van der Waals surface area contributed by atoms with E-state index in [1.165, 1.54) is 18.4 Å². The number of pyridine rings is 1. The molecular weight excluding hydrogens is 290 g/mol. The second-order valence-electron chi connectivity index (χ2n) is 5.03. The predicted molar refractivity (Wildman–Crippen MR) is 80.2 cm³/mol. The lowest BCUT2D eigenvalue weighted by Gasteiger charge is -2.33. The second-order valence-corrected chi connectivity index (χ2v) is 5.88. The molecule has 2 heterocycles. The molecule has 3 nitrogen and oxygen atoms in total. The van der Waals surface area contributed by atoms with E-state index in [4.69, 9.17) is 0 Å². The molecule has 1 aromatic heterocycles. The van der Waals surface area contributed by atoms with Gasteiger partial charge < -0.3 is 10.2 Å². The van der Waals surface area contributed by atoms with E-state index >= 15 is 0 Å². The van der Waals surface area contributed by atoms with Crippen LogP contribution in [0.3, 0.4) is 0 Å². The first-order chi connectivity index (χ1) is 8.70. The largest absolute Gasteiger partial charge is 0.357 e. The fourth-order valence-electron chi connectivity index (χ4n) is 2.41. The second kappa shape index (κ2) is 6.53. The van der Waals surface area contributed by atoms with Crippen molar-refractivity contribution in [1.82, 2.24) is 10.3 Å². The molecule has 0 aliphatic carbocycles. The van der Waals surface area contributed by atoms with Gasteiger partial charge in [-0.1, -0.05) is 6.92 Å². The number of hydrogen-bond donors (Lipinski definition) is 1. The van der Waals surface area contributed by atoms with E-state index in [1.807, 2.05) is 6.20 Å². The van der Waals surface area contributed by atoms with Crippen LogP contribution < -0.4 is 10.2 Å². The Hall–Kier alpha value is -0.610. The molecular formula is C14H22BrN3. The first-order valence-corrected chi connectivity index (χ1v) is 7.57. The summed E-state index contributed by atoms with van der Waals surface area (Å²) in [6.07, 6.45) is 4.45. The number of aromatic nitrogens is 1. The van der Waals surface area contributed by atoms with E-state index in [0.717, 1.165) is 42.4 Å². The van der Waals surface area contributed by atoms with Crippen LogP contribution in [0.1, 0.15) is 25.3 Å². The predicted octanol–water partition coefficient (Wildman–Crippen LogP) is 2.98. The topological polar surface area (TPSA) is 28.2 Å². The molecule has 100 valence electrons. The number of nitrogens with one attached hydrogen (secondary N) is 1. The van der Waals surface area contributed by atoms with Gasteiger partial charge in [0, 0.05) is 23.8 Å². The molecule has 4 heteroatoms. The van der Waals surface area contributed by atoms with Crippen LogP contribution in [0.5, 0.6) is 0 Å². The van der Waals surface area contributed by atoms with Crippen molar-refractivity contribution in [2.75, 3.05) is 31.1 Å². The average Bonchev–Trinajstić information content (AvgIpc) is 2.40. The van der Waals surface area contributed by atoms with Crippen molar-refractivity contribution in [3.05, 3.63) is 22.3 Å². The molecule has 1 aliphatic rings. The van der Waals surface area contributed by atoms with E-state index in [2.05, 4.69) is 51.0 Å². The Morgan fingerprint density at radius 2 is 2.17 bits per heavy atom.